The quantitative estimate of drug-likeness (QED) is 0.507. The Morgan fingerprint density at radius 3 is 2.84 bits per heavy atom. The van der Waals surface area contributed by atoms with Crippen LogP contribution in [0, 0.1) is 0 Å². The van der Waals surface area contributed by atoms with Crippen molar-refractivity contribution < 1.29 is 8.42 Å². The van der Waals surface area contributed by atoms with Gasteiger partial charge in [-0.25, -0.2) is 13.1 Å². The second kappa shape index (κ2) is 5.34. The first-order valence-electron chi connectivity index (χ1n) is 5.42. The summed E-state index contributed by atoms with van der Waals surface area (Å²) in [6.45, 7) is 0.0993. The molecule has 4 N–H and O–H groups in total. The molecule has 0 atom stereocenters. The Kier molecular flexibility index (Phi) is 3.79. The first kappa shape index (κ1) is 13.5. The Bertz CT molecular complexity index is 666. The Morgan fingerprint density at radius 1 is 1.42 bits per heavy atom. The number of nitrogens with zero attached hydrogens (tertiary/aromatic N) is 3. The summed E-state index contributed by atoms with van der Waals surface area (Å²) in [5.74, 6) is 5.27. The Hall–Kier alpha value is -1.97. The molecule has 0 amide bonds. The largest absolute Gasteiger partial charge is 0.323 e. The van der Waals surface area contributed by atoms with E-state index in [1.165, 1.54) is 18.5 Å². The molecule has 0 unspecified atom stereocenters. The minimum Gasteiger partial charge on any atom is -0.323 e. The summed E-state index contributed by atoms with van der Waals surface area (Å²) in [6, 6.07) is 3.21. The third-order valence-corrected chi connectivity index (χ3v) is 3.87. The van der Waals surface area contributed by atoms with Gasteiger partial charge in [0, 0.05) is 25.6 Å². The first-order valence-corrected chi connectivity index (χ1v) is 6.90. The van der Waals surface area contributed by atoms with Crippen molar-refractivity contribution in [1.82, 2.24) is 19.5 Å². The molecule has 102 valence electrons. The third-order valence-electron chi connectivity index (χ3n) is 2.44. The Balaban J connectivity index is 2.18. The van der Waals surface area contributed by atoms with Crippen molar-refractivity contribution >= 4 is 15.7 Å². The van der Waals surface area contributed by atoms with E-state index in [1.54, 1.807) is 24.0 Å². The number of pyridine rings is 1. The van der Waals surface area contributed by atoms with Gasteiger partial charge in [0.25, 0.3) is 0 Å². The van der Waals surface area contributed by atoms with Crippen molar-refractivity contribution in [3.63, 3.8) is 0 Å². The fourth-order valence-electron chi connectivity index (χ4n) is 1.52. The van der Waals surface area contributed by atoms with Gasteiger partial charge < -0.3 is 5.43 Å². The van der Waals surface area contributed by atoms with Gasteiger partial charge in [-0.1, -0.05) is 0 Å². The van der Waals surface area contributed by atoms with E-state index in [2.05, 4.69) is 20.2 Å². The van der Waals surface area contributed by atoms with Gasteiger partial charge in [0.05, 0.1) is 17.9 Å². The molecule has 0 bridgehead atoms. The molecule has 0 aromatic carbocycles. The summed E-state index contributed by atoms with van der Waals surface area (Å²) >= 11 is 0. The van der Waals surface area contributed by atoms with E-state index in [0.717, 1.165) is 0 Å². The molecular formula is C10H14N6O2S. The smallest absolute Gasteiger partial charge is 0.244 e. The molecule has 2 aromatic rings. The van der Waals surface area contributed by atoms with E-state index in [9.17, 15) is 8.42 Å². The predicted octanol–water partition coefficient (Wildman–Crippen LogP) is -0.421. The van der Waals surface area contributed by atoms with Gasteiger partial charge in [-0.2, -0.15) is 5.10 Å². The fourth-order valence-corrected chi connectivity index (χ4v) is 2.63. The Labute approximate surface area is 110 Å². The molecule has 2 heterocycles. The van der Waals surface area contributed by atoms with Crippen LogP contribution >= 0.6 is 0 Å². The highest BCUT2D eigenvalue weighted by Gasteiger charge is 2.18. The van der Waals surface area contributed by atoms with E-state index in [-0.39, 0.29) is 17.1 Å². The molecule has 0 aliphatic carbocycles. The molecule has 0 saturated carbocycles. The van der Waals surface area contributed by atoms with Crippen molar-refractivity contribution in [2.24, 2.45) is 12.9 Å². The summed E-state index contributed by atoms with van der Waals surface area (Å²) in [5.41, 5.74) is 3.23. The topological polar surface area (TPSA) is 115 Å². The lowest BCUT2D eigenvalue weighted by Gasteiger charge is -2.09. The van der Waals surface area contributed by atoms with Crippen LogP contribution in [0.1, 0.15) is 5.69 Å². The normalized spacial score (nSPS) is 11.5. The van der Waals surface area contributed by atoms with Gasteiger partial charge in [-0.05, 0) is 12.1 Å². The van der Waals surface area contributed by atoms with E-state index >= 15 is 0 Å². The van der Waals surface area contributed by atoms with E-state index in [1.807, 2.05) is 0 Å². The average molecular weight is 282 g/mol. The molecule has 0 fully saturated rings. The maximum atomic E-state index is 12.1. The summed E-state index contributed by atoms with van der Waals surface area (Å²) < 4.78 is 28.3. The van der Waals surface area contributed by atoms with Crippen LogP contribution in [-0.2, 0) is 23.6 Å². The predicted molar refractivity (Wildman–Crippen MR) is 69.3 cm³/mol. The van der Waals surface area contributed by atoms with Crippen LogP contribution in [0.5, 0.6) is 0 Å². The standard InChI is InChI=1S/C10H14N6O2S/c1-16-5-3-8(15-16)6-13-19(17,18)10-7-12-4-2-9(10)14-11/h2-5,7,13H,6,11H2,1H3,(H,12,14). The monoisotopic (exact) mass is 282 g/mol. The van der Waals surface area contributed by atoms with Gasteiger partial charge >= 0.3 is 0 Å². The van der Waals surface area contributed by atoms with Crippen molar-refractivity contribution in [2.75, 3.05) is 5.43 Å². The summed E-state index contributed by atoms with van der Waals surface area (Å²) in [5, 5.41) is 4.08. The molecule has 9 heteroatoms. The molecule has 8 nitrogen and oxygen atoms in total. The summed E-state index contributed by atoms with van der Waals surface area (Å²) in [6.07, 6.45) is 4.42. The van der Waals surface area contributed by atoms with Crippen molar-refractivity contribution in [3.8, 4) is 0 Å². The first-order chi connectivity index (χ1) is 9.03. The number of anilines is 1. The molecule has 0 saturated heterocycles. The number of nitrogens with one attached hydrogen (secondary N) is 2. The molecular weight excluding hydrogens is 268 g/mol. The minimum atomic E-state index is -3.70. The van der Waals surface area contributed by atoms with Gasteiger partial charge in [0.1, 0.15) is 4.90 Å². The Morgan fingerprint density at radius 2 is 2.21 bits per heavy atom. The van der Waals surface area contributed by atoms with Crippen LogP contribution in [0.2, 0.25) is 0 Å². The van der Waals surface area contributed by atoms with Crippen molar-refractivity contribution in [1.29, 1.82) is 0 Å². The number of aryl methyl sites for hydroxylation is 1. The van der Waals surface area contributed by atoms with Crippen LogP contribution in [-0.4, -0.2) is 23.2 Å². The number of nitrogen functional groups attached to an aromatic ring is 1. The maximum absolute atomic E-state index is 12.1. The van der Waals surface area contributed by atoms with Crippen LogP contribution in [0.4, 0.5) is 5.69 Å². The molecule has 0 aliphatic heterocycles. The highest BCUT2D eigenvalue weighted by molar-refractivity contribution is 7.89. The molecule has 0 aliphatic rings. The zero-order valence-electron chi connectivity index (χ0n) is 10.2. The number of aromatic nitrogens is 3. The summed E-state index contributed by atoms with van der Waals surface area (Å²) in [7, 11) is -1.94. The van der Waals surface area contributed by atoms with Crippen LogP contribution in [0.25, 0.3) is 0 Å². The number of sulfonamides is 1. The SMILES string of the molecule is Cn1ccc(CNS(=O)(=O)c2cnccc2NN)n1. The second-order valence-corrected chi connectivity index (χ2v) is 5.56. The van der Waals surface area contributed by atoms with Gasteiger partial charge in [0.2, 0.25) is 10.0 Å². The zero-order valence-corrected chi connectivity index (χ0v) is 11.1. The molecule has 2 aromatic heterocycles. The molecule has 0 radical (unpaired) electrons. The number of hydrazine groups is 1. The number of hydrogen-bond donors (Lipinski definition) is 3. The third kappa shape index (κ3) is 3.08. The lowest BCUT2D eigenvalue weighted by molar-refractivity contribution is 0.579. The highest BCUT2D eigenvalue weighted by atomic mass is 32.2. The molecule has 19 heavy (non-hydrogen) atoms. The maximum Gasteiger partial charge on any atom is 0.244 e. The second-order valence-electron chi connectivity index (χ2n) is 3.82. The zero-order chi connectivity index (χ0) is 13.9. The minimum absolute atomic E-state index is 0.00608. The van der Waals surface area contributed by atoms with E-state index in [4.69, 9.17) is 5.84 Å². The molecule has 0 spiro atoms. The average Bonchev–Trinajstić information content (AvgIpc) is 2.82. The number of rotatable bonds is 5. The van der Waals surface area contributed by atoms with Crippen molar-refractivity contribution in [3.05, 3.63) is 36.4 Å². The van der Waals surface area contributed by atoms with Crippen molar-refractivity contribution in [2.45, 2.75) is 11.4 Å². The number of nitrogens with two attached hydrogens (primary N) is 1. The summed E-state index contributed by atoms with van der Waals surface area (Å²) in [4.78, 5) is 3.78. The van der Waals surface area contributed by atoms with Gasteiger partial charge in [-0.15, -0.1) is 0 Å². The molecule has 2 rings (SSSR count). The van der Waals surface area contributed by atoms with Crippen LogP contribution in [0.3, 0.4) is 0 Å². The van der Waals surface area contributed by atoms with Gasteiger partial charge in [-0.3, -0.25) is 15.5 Å². The highest BCUT2D eigenvalue weighted by Crippen LogP contribution is 2.18. The lowest BCUT2D eigenvalue weighted by Crippen LogP contribution is -2.25. The van der Waals surface area contributed by atoms with E-state index in [0.29, 0.717) is 5.69 Å². The fraction of sp³-hybridized carbons (Fsp3) is 0.200. The van der Waals surface area contributed by atoms with Gasteiger partial charge in [0.15, 0.2) is 0 Å². The van der Waals surface area contributed by atoms with E-state index < -0.39 is 10.0 Å². The van der Waals surface area contributed by atoms with Crippen LogP contribution < -0.4 is 16.0 Å². The lowest BCUT2D eigenvalue weighted by atomic mass is 10.4. The van der Waals surface area contributed by atoms with Crippen LogP contribution in [0.15, 0.2) is 35.6 Å². The number of hydrogen-bond acceptors (Lipinski definition) is 6.